The highest BCUT2D eigenvalue weighted by molar-refractivity contribution is 5.84. The van der Waals surface area contributed by atoms with Gasteiger partial charge in [-0.3, -0.25) is 9.69 Å². The molecule has 0 saturated carbocycles. The Balaban J connectivity index is 1.43. The van der Waals surface area contributed by atoms with Crippen LogP contribution in [0.3, 0.4) is 0 Å². The summed E-state index contributed by atoms with van der Waals surface area (Å²) >= 11 is 0. The summed E-state index contributed by atoms with van der Waals surface area (Å²) in [6, 6.07) is 0.394. The van der Waals surface area contributed by atoms with Gasteiger partial charge >= 0.3 is 0 Å². The lowest BCUT2D eigenvalue weighted by atomic mass is 10.0. The first-order chi connectivity index (χ1) is 14.6. The molecule has 2 N–H and O–H groups in total. The van der Waals surface area contributed by atoms with E-state index in [9.17, 15) is 4.79 Å². The Morgan fingerprint density at radius 2 is 1.80 bits per heavy atom. The zero-order chi connectivity index (χ0) is 21.2. The van der Waals surface area contributed by atoms with Gasteiger partial charge in [-0.2, -0.15) is 0 Å². The molecule has 3 fully saturated rings. The number of likely N-dealkylation sites (N-methyl/N-ethyl adjacent to an activating group) is 1. The molecular formula is C21H40N6O3. The number of guanidine groups is 1. The molecule has 3 heterocycles. The molecule has 0 bridgehead atoms. The zero-order valence-corrected chi connectivity index (χ0v) is 18.8. The first kappa shape index (κ1) is 23.2. The Morgan fingerprint density at radius 1 is 1.03 bits per heavy atom. The molecule has 0 aliphatic carbocycles. The van der Waals surface area contributed by atoms with Gasteiger partial charge in [0.05, 0.1) is 19.8 Å². The number of likely N-dealkylation sites (tertiary alicyclic amines) is 1. The first-order valence-electron chi connectivity index (χ1n) is 11.5. The predicted molar refractivity (Wildman–Crippen MR) is 118 cm³/mol. The Morgan fingerprint density at radius 3 is 2.47 bits per heavy atom. The second kappa shape index (κ2) is 12.4. The van der Waals surface area contributed by atoms with Crippen molar-refractivity contribution in [2.45, 2.75) is 25.3 Å². The smallest absolute Gasteiger partial charge is 0.243 e. The van der Waals surface area contributed by atoms with Gasteiger partial charge in [0.15, 0.2) is 5.96 Å². The highest BCUT2D eigenvalue weighted by Gasteiger charge is 2.24. The molecule has 1 atom stereocenters. The molecule has 3 saturated heterocycles. The Bertz CT molecular complexity index is 539. The van der Waals surface area contributed by atoms with E-state index in [-0.39, 0.29) is 12.5 Å². The van der Waals surface area contributed by atoms with Crippen LogP contribution in [0.25, 0.3) is 0 Å². The van der Waals surface area contributed by atoms with Crippen LogP contribution in [0.2, 0.25) is 0 Å². The van der Waals surface area contributed by atoms with Crippen molar-refractivity contribution in [3.63, 3.8) is 0 Å². The molecular weight excluding hydrogens is 384 g/mol. The third kappa shape index (κ3) is 8.02. The number of hydrogen-bond donors (Lipinski definition) is 2. The maximum Gasteiger partial charge on any atom is 0.243 e. The van der Waals surface area contributed by atoms with E-state index in [0.717, 1.165) is 91.0 Å². The summed E-state index contributed by atoms with van der Waals surface area (Å²) in [5.41, 5.74) is 0. The van der Waals surface area contributed by atoms with E-state index in [1.54, 1.807) is 19.0 Å². The van der Waals surface area contributed by atoms with Crippen LogP contribution < -0.4 is 10.6 Å². The average molecular weight is 425 g/mol. The molecule has 172 valence electrons. The second-order valence-corrected chi connectivity index (χ2v) is 8.78. The Labute approximate surface area is 181 Å². The SMILES string of the molecule is CN(C)C(=O)CN=C(NCCN1CCOCC1)NC1CCN(CC2CCOC2)CC1. The lowest BCUT2D eigenvalue weighted by molar-refractivity contribution is -0.127. The van der Waals surface area contributed by atoms with E-state index in [1.807, 2.05) is 0 Å². The highest BCUT2D eigenvalue weighted by atomic mass is 16.5. The van der Waals surface area contributed by atoms with Crippen LogP contribution in [0.15, 0.2) is 4.99 Å². The van der Waals surface area contributed by atoms with Crippen molar-refractivity contribution >= 4 is 11.9 Å². The number of ether oxygens (including phenoxy) is 2. The Kier molecular flexibility index (Phi) is 9.64. The number of nitrogens with zero attached hydrogens (tertiary/aromatic N) is 4. The summed E-state index contributed by atoms with van der Waals surface area (Å²) in [5, 5.41) is 7.01. The van der Waals surface area contributed by atoms with Gasteiger partial charge in [-0.15, -0.1) is 0 Å². The number of nitrogens with one attached hydrogen (secondary N) is 2. The van der Waals surface area contributed by atoms with Crippen LogP contribution in [-0.2, 0) is 14.3 Å². The number of hydrogen-bond acceptors (Lipinski definition) is 6. The van der Waals surface area contributed by atoms with Gasteiger partial charge in [-0.05, 0) is 25.2 Å². The zero-order valence-electron chi connectivity index (χ0n) is 18.8. The standard InChI is InChI=1S/C21H40N6O3/c1-25(2)20(28)15-23-21(22-6-9-26-10-13-29-14-11-26)24-19-3-7-27(8-4-19)16-18-5-12-30-17-18/h18-19H,3-17H2,1-2H3,(H2,22,23,24). The molecule has 30 heavy (non-hydrogen) atoms. The van der Waals surface area contributed by atoms with Gasteiger partial charge in [-0.25, -0.2) is 4.99 Å². The van der Waals surface area contributed by atoms with Gasteiger partial charge in [0.1, 0.15) is 6.54 Å². The van der Waals surface area contributed by atoms with Crippen molar-refractivity contribution in [1.82, 2.24) is 25.3 Å². The van der Waals surface area contributed by atoms with Crippen molar-refractivity contribution < 1.29 is 14.3 Å². The summed E-state index contributed by atoms with van der Waals surface area (Å²) < 4.78 is 10.9. The fourth-order valence-corrected chi connectivity index (χ4v) is 4.14. The lowest BCUT2D eigenvalue weighted by Gasteiger charge is -2.34. The monoisotopic (exact) mass is 424 g/mol. The van der Waals surface area contributed by atoms with Crippen LogP contribution in [0, 0.1) is 5.92 Å². The summed E-state index contributed by atoms with van der Waals surface area (Å²) in [6.07, 6.45) is 3.39. The molecule has 0 aromatic carbocycles. The average Bonchev–Trinajstić information content (AvgIpc) is 3.26. The molecule has 9 heteroatoms. The first-order valence-corrected chi connectivity index (χ1v) is 11.5. The lowest BCUT2D eigenvalue weighted by Crippen LogP contribution is -2.51. The molecule has 9 nitrogen and oxygen atoms in total. The van der Waals surface area contributed by atoms with E-state index in [0.29, 0.717) is 12.0 Å². The van der Waals surface area contributed by atoms with Gasteiger partial charge in [0.25, 0.3) is 0 Å². The van der Waals surface area contributed by atoms with E-state index in [2.05, 4.69) is 25.4 Å². The van der Waals surface area contributed by atoms with Gasteiger partial charge < -0.3 is 29.9 Å². The molecule has 0 aromatic heterocycles. The molecule has 0 aromatic rings. The van der Waals surface area contributed by atoms with E-state index < -0.39 is 0 Å². The van der Waals surface area contributed by atoms with E-state index >= 15 is 0 Å². The van der Waals surface area contributed by atoms with Crippen molar-refractivity contribution in [2.24, 2.45) is 10.9 Å². The van der Waals surface area contributed by atoms with Crippen molar-refractivity contribution in [2.75, 3.05) is 92.9 Å². The molecule has 3 aliphatic heterocycles. The minimum Gasteiger partial charge on any atom is -0.381 e. The number of amides is 1. The third-order valence-electron chi connectivity index (χ3n) is 6.16. The number of rotatable bonds is 8. The number of carbonyl (C=O) groups excluding carboxylic acids is 1. The molecule has 3 rings (SSSR count). The van der Waals surface area contributed by atoms with Crippen LogP contribution in [0.1, 0.15) is 19.3 Å². The predicted octanol–water partition coefficient (Wildman–Crippen LogP) is -0.557. The van der Waals surface area contributed by atoms with Crippen molar-refractivity contribution in [1.29, 1.82) is 0 Å². The molecule has 3 aliphatic rings. The maximum atomic E-state index is 12.0. The quantitative estimate of drug-likeness (QED) is 0.399. The third-order valence-corrected chi connectivity index (χ3v) is 6.16. The van der Waals surface area contributed by atoms with Gasteiger partial charge in [0, 0.05) is 72.6 Å². The highest BCUT2D eigenvalue weighted by Crippen LogP contribution is 2.17. The fraction of sp³-hybridized carbons (Fsp3) is 0.905. The number of piperidine rings is 1. The molecule has 0 radical (unpaired) electrons. The minimum atomic E-state index is 0.0119. The summed E-state index contributed by atoms with van der Waals surface area (Å²) in [7, 11) is 3.53. The Hall–Kier alpha value is -1.42. The van der Waals surface area contributed by atoms with Crippen LogP contribution in [0.4, 0.5) is 0 Å². The summed E-state index contributed by atoms with van der Waals surface area (Å²) in [4.78, 5) is 23.1. The van der Waals surface area contributed by atoms with Gasteiger partial charge in [0.2, 0.25) is 5.91 Å². The molecule has 1 amide bonds. The van der Waals surface area contributed by atoms with Crippen LogP contribution in [-0.4, -0.2) is 125 Å². The summed E-state index contributed by atoms with van der Waals surface area (Å²) in [5.74, 6) is 1.46. The topological polar surface area (TPSA) is 81.7 Å². The normalized spacial score (nSPS) is 24.7. The van der Waals surface area contributed by atoms with E-state index in [1.165, 1.54) is 6.42 Å². The minimum absolute atomic E-state index is 0.0119. The van der Waals surface area contributed by atoms with Gasteiger partial charge in [-0.1, -0.05) is 0 Å². The maximum absolute atomic E-state index is 12.0. The van der Waals surface area contributed by atoms with Crippen LogP contribution >= 0.6 is 0 Å². The second-order valence-electron chi connectivity index (χ2n) is 8.78. The number of morpholine rings is 1. The van der Waals surface area contributed by atoms with Crippen molar-refractivity contribution in [3.8, 4) is 0 Å². The number of aliphatic imine (C=N–C) groups is 1. The largest absolute Gasteiger partial charge is 0.381 e. The molecule has 1 unspecified atom stereocenters. The van der Waals surface area contributed by atoms with Crippen molar-refractivity contribution in [3.05, 3.63) is 0 Å². The fourth-order valence-electron chi connectivity index (χ4n) is 4.14. The van der Waals surface area contributed by atoms with E-state index in [4.69, 9.17) is 9.47 Å². The number of carbonyl (C=O) groups is 1. The summed E-state index contributed by atoms with van der Waals surface area (Å²) in [6.45, 7) is 10.7. The molecule has 0 spiro atoms. The van der Waals surface area contributed by atoms with Crippen LogP contribution in [0.5, 0.6) is 0 Å².